The van der Waals surface area contributed by atoms with Crippen LogP contribution < -0.4 is 4.90 Å². The zero-order chi connectivity index (χ0) is 39.6. The molecular formula is C51H47N2O4+. The number of aliphatic carboxylic acids is 2. The van der Waals surface area contributed by atoms with Crippen LogP contribution in [-0.2, 0) is 33.3 Å². The van der Waals surface area contributed by atoms with E-state index in [9.17, 15) is 19.8 Å². The van der Waals surface area contributed by atoms with Crippen molar-refractivity contribution >= 4 is 50.6 Å². The summed E-state index contributed by atoms with van der Waals surface area (Å²) in [6, 6.07) is 46.7. The van der Waals surface area contributed by atoms with Crippen LogP contribution in [0.2, 0.25) is 0 Å². The van der Waals surface area contributed by atoms with Gasteiger partial charge >= 0.3 is 11.9 Å². The average molecular weight is 752 g/mol. The normalized spacial score (nSPS) is 16.3. The van der Waals surface area contributed by atoms with Crippen LogP contribution >= 0.6 is 0 Å². The maximum atomic E-state index is 12.4. The molecule has 6 aromatic rings. The number of carboxylic acids is 2. The highest BCUT2D eigenvalue weighted by molar-refractivity contribution is 6.17. The minimum atomic E-state index is -0.840. The second-order valence-electron chi connectivity index (χ2n) is 15.6. The lowest BCUT2D eigenvalue weighted by atomic mass is 9.69. The first-order valence-electron chi connectivity index (χ1n) is 19.7. The molecule has 2 aliphatic rings. The molecule has 0 aromatic heterocycles. The minimum absolute atomic E-state index is 0.0194. The van der Waals surface area contributed by atoms with Crippen LogP contribution in [0.4, 0.5) is 11.4 Å². The van der Waals surface area contributed by atoms with Crippen LogP contribution in [0.3, 0.4) is 0 Å². The van der Waals surface area contributed by atoms with E-state index >= 15 is 0 Å². The molecule has 0 spiro atoms. The van der Waals surface area contributed by atoms with Gasteiger partial charge < -0.3 is 15.1 Å². The van der Waals surface area contributed by atoms with Crippen molar-refractivity contribution in [3.05, 3.63) is 192 Å². The highest BCUT2D eigenvalue weighted by Crippen LogP contribution is 2.57. The van der Waals surface area contributed by atoms with E-state index in [1.54, 1.807) is 0 Å². The monoisotopic (exact) mass is 751 g/mol. The fourth-order valence-corrected chi connectivity index (χ4v) is 9.34. The van der Waals surface area contributed by atoms with Crippen molar-refractivity contribution in [1.82, 2.24) is 0 Å². The second-order valence-corrected chi connectivity index (χ2v) is 15.6. The van der Waals surface area contributed by atoms with Crippen LogP contribution in [0.15, 0.2) is 170 Å². The summed E-state index contributed by atoms with van der Waals surface area (Å²) >= 11 is 0. The first-order chi connectivity index (χ1) is 27.7. The number of para-hydroxylation sites is 1. The van der Waals surface area contributed by atoms with Gasteiger partial charge in [0.05, 0.1) is 17.5 Å². The summed E-state index contributed by atoms with van der Waals surface area (Å²) in [7, 11) is 0. The van der Waals surface area contributed by atoms with Crippen LogP contribution in [-0.4, -0.2) is 45.5 Å². The zero-order valence-electron chi connectivity index (χ0n) is 32.4. The van der Waals surface area contributed by atoms with Gasteiger partial charge in [0, 0.05) is 40.7 Å². The molecule has 6 heteroatoms. The van der Waals surface area contributed by atoms with Crippen molar-refractivity contribution in [3.63, 3.8) is 0 Å². The van der Waals surface area contributed by atoms with Crippen molar-refractivity contribution in [2.75, 3.05) is 18.0 Å². The Morgan fingerprint density at radius 3 is 1.81 bits per heavy atom. The summed E-state index contributed by atoms with van der Waals surface area (Å²) in [6.45, 7) is 5.06. The lowest BCUT2D eigenvalue weighted by molar-refractivity contribution is -0.436. The third kappa shape index (κ3) is 6.97. The molecular weight excluding hydrogens is 705 g/mol. The van der Waals surface area contributed by atoms with Gasteiger partial charge in [0.2, 0.25) is 5.69 Å². The maximum absolute atomic E-state index is 12.4. The standard InChI is InChI=1S/C51H46N2O4/c1-50(2)42-26-16-17-27-43(42)52(32-30-46(54)55)44(50)28-10-5-11-29-45-51(34-36-18-6-3-7-19-36,35-37-20-8-4-9-21-37)48-40-24-14-12-22-38(40)39-23-13-15-25-41(39)49(48)53(45)33-31-47(56)57/h3-29H,30-35H2,1-2H3,(H-,54,55,56,57)/p+1. The van der Waals surface area contributed by atoms with Gasteiger partial charge in [0.15, 0.2) is 12.3 Å². The Balaban J connectivity index is 1.34. The quantitative estimate of drug-likeness (QED) is 0.0698. The number of rotatable bonds is 13. The molecule has 2 aliphatic heterocycles. The number of hydrogen-bond acceptors (Lipinski definition) is 3. The molecule has 2 heterocycles. The number of anilines is 1. The van der Waals surface area contributed by atoms with Crippen molar-refractivity contribution in [2.24, 2.45) is 0 Å². The number of carbonyl (C=O) groups is 2. The van der Waals surface area contributed by atoms with Crippen molar-refractivity contribution < 1.29 is 24.4 Å². The van der Waals surface area contributed by atoms with E-state index in [4.69, 9.17) is 0 Å². The predicted molar refractivity (Wildman–Crippen MR) is 231 cm³/mol. The van der Waals surface area contributed by atoms with E-state index in [2.05, 4.69) is 163 Å². The molecule has 57 heavy (non-hydrogen) atoms. The van der Waals surface area contributed by atoms with Crippen LogP contribution in [0.5, 0.6) is 0 Å². The van der Waals surface area contributed by atoms with Crippen molar-refractivity contribution in [1.29, 1.82) is 0 Å². The summed E-state index contributed by atoms with van der Waals surface area (Å²) in [4.78, 5) is 26.3. The average Bonchev–Trinajstić information content (AvgIpc) is 3.60. The largest absolute Gasteiger partial charge is 0.481 e. The SMILES string of the molecule is CC1(C)C(/C=C/C=C/C=C2\N(CCC(=O)O)c3c(c4ccccc4c4ccccc34)C2(Cc2ccccc2)Cc2ccccc2)=[N+](CCC(=O)O)c2ccccc21. The third-order valence-electron chi connectivity index (χ3n) is 11.8. The Labute approximate surface area is 334 Å². The Kier molecular flexibility index (Phi) is 10.2. The summed E-state index contributed by atoms with van der Waals surface area (Å²) in [6.07, 6.45) is 11.9. The van der Waals surface area contributed by atoms with Gasteiger partial charge in [-0.15, -0.1) is 0 Å². The van der Waals surface area contributed by atoms with Gasteiger partial charge in [0.25, 0.3) is 0 Å². The number of carboxylic acid groups (broad SMARTS) is 2. The van der Waals surface area contributed by atoms with E-state index in [1.165, 1.54) is 33.0 Å². The molecule has 0 bridgehead atoms. The summed E-state index contributed by atoms with van der Waals surface area (Å²) in [5.41, 5.74) is 8.12. The molecule has 2 N–H and O–H groups in total. The van der Waals surface area contributed by atoms with Crippen LogP contribution in [0, 0.1) is 0 Å². The molecule has 0 fully saturated rings. The fraction of sp³-hybridized carbons (Fsp3) is 0.196. The van der Waals surface area contributed by atoms with Crippen LogP contribution in [0.25, 0.3) is 21.5 Å². The van der Waals surface area contributed by atoms with Gasteiger partial charge in [0.1, 0.15) is 6.42 Å². The smallest absolute Gasteiger partial charge is 0.309 e. The first-order valence-corrected chi connectivity index (χ1v) is 19.7. The Hall–Kier alpha value is -6.53. The van der Waals surface area contributed by atoms with Gasteiger partial charge in [-0.1, -0.05) is 146 Å². The minimum Gasteiger partial charge on any atom is -0.481 e. The summed E-state index contributed by atoms with van der Waals surface area (Å²) in [5.74, 6) is -1.67. The maximum Gasteiger partial charge on any atom is 0.309 e. The van der Waals surface area contributed by atoms with E-state index in [0.717, 1.165) is 33.6 Å². The molecule has 0 atom stereocenters. The number of hydrogen-bond donors (Lipinski definition) is 2. The van der Waals surface area contributed by atoms with Gasteiger partial charge in [-0.25, -0.2) is 0 Å². The number of nitrogens with zero attached hydrogens (tertiary/aromatic N) is 2. The predicted octanol–water partition coefficient (Wildman–Crippen LogP) is 10.6. The molecule has 0 radical (unpaired) electrons. The van der Waals surface area contributed by atoms with Crippen molar-refractivity contribution in [3.8, 4) is 0 Å². The molecule has 6 aromatic carbocycles. The number of allylic oxidation sites excluding steroid dienone is 6. The summed E-state index contributed by atoms with van der Waals surface area (Å²) < 4.78 is 2.13. The molecule has 0 unspecified atom stereocenters. The molecule has 0 amide bonds. The Bertz CT molecular complexity index is 2580. The first kappa shape index (κ1) is 37.4. The third-order valence-corrected chi connectivity index (χ3v) is 11.8. The van der Waals surface area contributed by atoms with E-state index < -0.39 is 17.4 Å². The van der Waals surface area contributed by atoms with E-state index in [-0.39, 0.29) is 18.3 Å². The lowest BCUT2D eigenvalue weighted by Crippen LogP contribution is -2.36. The zero-order valence-corrected chi connectivity index (χ0v) is 32.4. The summed E-state index contributed by atoms with van der Waals surface area (Å²) in [5, 5.41) is 24.3. The fourth-order valence-electron chi connectivity index (χ4n) is 9.34. The highest BCUT2D eigenvalue weighted by Gasteiger charge is 2.49. The number of fused-ring (bicyclic) bond motifs is 7. The van der Waals surface area contributed by atoms with E-state index in [1.807, 2.05) is 24.3 Å². The molecule has 284 valence electrons. The topological polar surface area (TPSA) is 80.9 Å². The molecule has 6 nitrogen and oxygen atoms in total. The van der Waals surface area contributed by atoms with Gasteiger partial charge in [-0.05, 0) is 65.6 Å². The Morgan fingerprint density at radius 1 is 0.632 bits per heavy atom. The second kappa shape index (κ2) is 15.5. The highest BCUT2D eigenvalue weighted by atomic mass is 16.4. The van der Waals surface area contributed by atoms with Gasteiger partial charge in [-0.2, -0.15) is 4.58 Å². The lowest BCUT2D eigenvalue weighted by Gasteiger charge is -2.35. The van der Waals surface area contributed by atoms with Gasteiger partial charge in [-0.3, -0.25) is 9.59 Å². The number of benzene rings is 6. The molecule has 0 saturated carbocycles. The van der Waals surface area contributed by atoms with Crippen LogP contribution in [0.1, 0.15) is 48.9 Å². The Morgan fingerprint density at radius 2 is 1.18 bits per heavy atom. The molecule has 0 aliphatic carbocycles. The molecule has 8 rings (SSSR count). The van der Waals surface area contributed by atoms with E-state index in [0.29, 0.717) is 25.9 Å². The van der Waals surface area contributed by atoms with Crippen molar-refractivity contribution in [2.45, 2.75) is 50.4 Å². The molecule has 0 saturated heterocycles.